The van der Waals surface area contributed by atoms with Crippen molar-refractivity contribution in [3.8, 4) is 0 Å². The highest BCUT2D eigenvalue weighted by atomic mass is 16.5. The molecule has 0 radical (unpaired) electrons. The van der Waals surface area contributed by atoms with Crippen LogP contribution in [0, 0.1) is 5.41 Å². The van der Waals surface area contributed by atoms with E-state index in [1.165, 1.54) is 0 Å². The van der Waals surface area contributed by atoms with Crippen molar-refractivity contribution in [3.05, 3.63) is 0 Å². The van der Waals surface area contributed by atoms with Gasteiger partial charge in [0, 0.05) is 13.6 Å². The summed E-state index contributed by atoms with van der Waals surface area (Å²) in [5.74, 6) is -0.990. The normalized spacial score (nSPS) is 17.8. The van der Waals surface area contributed by atoms with Crippen molar-refractivity contribution in [1.29, 1.82) is 0 Å². The minimum Gasteiger partial charge on any atom is -0.480 e. The molecule has 0 aromatic carbocycles. The molecule has 1 rings (SSSR count). The van der Waals surface area contributed by atoms with Crippen LogP contribution in [-0.4, -0.2) is 65.8 Å². The molecule has 0 saturated carbocycles. The first-order valence-corrected chi connectivity index (χ1v) is 6.38. The monoisotopic (exact) mass is 272 g/mol. The van der Waals surface area contributed by atoms with Gasteiger partial charge in [-0.3, -0.25) is 0 Å². The number of carbonyl (C=O) groups excluding carboxylic acids is 1. The van der Waals surface area contributed by atoms with Crippen LogP contribution in [0.3, 0.4) is 0 Å². The van der Waals surface area contributed by atoms with Crippen molar-refractivity contribution in [2.45, 2.75) is 33.3 Å². The summed E-state index contributed by atoms with van der Waals surface area (Å²) >= 11 is 0. The first-order valence-electron chi connectivity index (χ1n) is 6.38. The van der Waals surface area contributed by atoms with E-state index in [2.05, 4.69) is 20.8 Å². The summed E-state index contributed by atoms with van der Waals surface area (Å²) < 4.78 is 5.28. The fourth-order valence-electron chi connectivity index (χ4n) is 2.24. The molecule has 0 spiro atoms. The van der Waals surface area contributed by atoms with Gasteiger partial charge in [-0.15, -0.1) is 0 Å². The van der Waals surface area contributed by atoms with Gasteiger partial charge in [0.1, 0.15) is 12.2 Å². The van der Waals surface area contributed by atoms with Crippen molar-refractivity contribution in [2.24, 2.45) is 5.41 Å². The second-order valence-electron chi connectivity index (χ2n) is 6.69. The lowest BCUT2D eigenvalue weighted by atomic mass is 9.95. The zero-order valence-electron chi connectivity index (χ0n) is 12.4. The van der Waals surface area contributed by atoms with Crippen LogP contribution < -0.4 is 0 Å². The molecule has 0 unspecified atom stereocenters. The van der Waals surface area contributed by atoms with E-state index in [-0.39, 0.29) is 18.1 Å². The van der Waals surface area contributed by atoms with Crippen LogP contribution in [-0.2, 0) is 9.53 Å². The average molecular weight is 272 g/mol. The number of likely N-dealkylation sites (tertiary alicyclic amines) is 1. The number of rotatable bonds is 4. The van der Waals surface area contributed by atoms with Gasteiger partial charge >= 0.3 is 12.0 Å². The maximum atomic E-state index is 12.1. The predicted molar refractivity (Wildman–Crippen MR) is 71.0 cm³/mol. The van der Waals surface area contributed by atoms with Gasteiger partial charge < -0.3 is 19.6 Å². The third-order valence-corrected chi connectivity index (χ3v) is 2.90. The lowest BCUT2D eigenvalue weighted by molar-refractivity contribution is -0.160. The van der Waals surface area contributed by atoms with Gasteiger partial charge in [0.25, 0.3) is 0 Å². The molecule has 110 valence electrons. The first kappa shape index (κ1) is 15.8. The van der Waals surface area contributed by atoms with Crippen LogP contribution in [0.2, 0.25) is 0 Å². The van der Waals surface area contributed by atoms with E-state index in [0.717, 1.165) is 0 Å². The Morgan fingerprint density at radius 3 is 2.32 bits per heavy atom. The average Bonchev–Trinajstić information content (AvgIpc) is 2.19. The van der Waals surface area contributed by atoms with E-state index < -0.39 is 11.6 Å². The van der Waals surface area contributed by atoms with Crippen LogP contribution >= 0.6 is 0 Å². The predicted octanol–water partition coefficient (Wildman–Crippen LogP) is 1.26. The minimum atomic E-state index is -0.990. The number of hydrogen-bond donors (Lipinski definition) is 1. The number of urea groups is 1. The molecule has 6 heteroatoms. The van der Waals surface area contributed by atoms with E-state index in [0.29, 0.717) is 19.6 Å². The Morgan fingerprint density at radius 1 is 1.37 bits per heavy atom. The Bertz CT molecular complexity index is 356. The first-order chi connectivity index (χ1) is 8.52. The molecule has 0 bridgehead atoms. The zero-order chi connectivity index (χ0) is 14.8. The van der Waals surface area contributed by atoms with Gasteiger partial charge in [-0.2, -0.15) is 0 Å². The van der Waals surface area contributed by atoms with Crippen LogP contribution in [0.4, 0.5) is 4.79 Å². The fourth-order valence-corrected chi connectivity index (χ4v) is 2.24. The Kier molecular flexibility index (Phi) is 4.45. The Balaban J connectivity index is 2.41. The van der Waals surface area contributed by atoms with E-state index in [9.17, 15) is 9.59 Å². The van der Waals surface area contributed by atoms with Crippen LogP contribution in [0.1, 0.15) is 27.7 Å². The maximum Gasteiger partial charge on any atom is 0.329 e. The van der Waals surface area contributed by atoms with Crippen molar-refractivity contribution >= 4 is 12.0 Å². The molecule has 1 fully saturated rings. The number of carboxylic acids is 1. The molecule has 6 nitrogen and oxygen atoms in total. The lowest BCUT2D eigenvalue weighted by Crippen LogP contribution is -2.65. The van der Waals surface area contributed by atoms with E-state index in [1.807, 2.05) is 6.92 Å². The van der Waals surface area contributed by atoms with E-state index in [4.69, 9.17) is 9.84 Å². The highest BCUT2D eigenvalue weighted by Crippen LogP contribution is 2.26. The largest absolute Gasteiger partial charge is 0.480 e. The summed E-state index contributed by atoms with van der Waals surface area (Å²) in [6.07, 6.45) is 0. The molecule has 0 atom stereocenters. The number of nitrogens with zero attached hydrogens (tertiary/aromatic N) is 2. The summed E-state index contributed by atoms with van der Waals surface area (Å²) in [7, 11) is 1.78. The van der Waals surface area contributed by atoms with Crippen LogP contribution in [0.15, 0.2) is 0 Å². The van der Waals surface area contributed by atoms with Crippen LogP contribution in [0.5, 0.6) is 0 Å². The molecular weight excluding hydrogens is 248 g/mol. The maximum absolute atomic E-state index is 12.1. The standard InChI is InChI=1S/C13H24N2O4/c1-12(2,3)7-14(5)11(18)15-8-13(4,9-15)19-6-10(16)17/h6-9H2,1-5H3,(H,16,17). The number of carboxylic acid groups (broad SMARTS) is 1. The summed E-state index contributed by atoms with van der Waals surface area (Å²) in [5.41, 5.74) is -0.477. The quantitative estimate of drug-likeness (QED) is 0.836. The molecule has 1 aliphatic heterocycles. The molecular formula is C13H24N2O4. The third kappa shape index (κ3) is 4.70. The Labute approximate surface area is 114 Å². The molecule has 0 aliphatic carbocycles. The van der Waals surface area contributed by atoms with Gasteiger partial charge in [0.05, 0.1) is 13.1 Å². The van der Waals surface area contributed by atoms with E-state index >= 15 is 0 Å². The molecule has 1 heterocycles. The minimum absolute atomic E-state index is 0.0358. The number of hydrogen-bond acceptors (Lipinski definition) is 3. The van der Waals surface area contributed by atoms with Gasteiger partial charge in [-0.1, -0.05) is 20.8 Å². The fraction of sp³-hybridized carbons (Fsp3) is 0.846. The van der Waals surface area contributed by atoms with Gasteiger partial charge in [0.2, 0.25) is 0 Å². The summed E-state index contributed by atoms with van der Waals surface area (Å²) in [5, 5.41) is 8.57. The molecule has 0 aromatic rings. The molecule has 0 aromatic heterocycles. The topological polar surface area (TPSA) is 70.1 Å². The number of ether oxygens (including phenoxy) is 1. The highest BCUT2D eigenvalue weighted by molar-refractivity contribution is 5.75. The number of aliphatic carboxylic acids is 1. The summed E-state index contributed by atoms with van der Waals surface area (Å²) in [4.78, 5) is 25.9. The lowest BCUT2D eigenvalue weighted by Gasteiger charge is -2.48. The molecule has 19 heavy (non-hydrogen) atoms. The van der Waals surface area contributed by atoms with Gasteiger partial charge in [0.15, 0.2) is 0 Å². The van der Waals surface area contributed by atoms with Crippen molar-refractivity contribution in [1.82, 2.24) is 9.80 Å². The number of amides is 2. The van der Waals surface area contributed by atoms with Gasteiger partial charge in [-0.25, -0.2) is 9.59 Å². The van der Waals surface area contributed by atoms with Crippen molar-refractivity contribution in [3.63, 3.8) is 0 Å². The Hall–Kier alpha value is -1.30. The summed E-state index contributed by atoms with van der Waals surface area (Å²) in [6, 6.07) is -0.0358. The van der Waals surface area contributed by atoms with Crippen LogP contribution in [0.25, 0.3) is 0 Å². The smallest absolute Gasteiger partial charge is 0.329 e. The second-order valence-corrected chi connectivity index (χ2v) is 6.69. The molecule has 1 aliphatic rings. The SMILES string of the molecule is CN(CC(C)(C)C)C(=O)N1CC(C)(OCC(=O)O)C1. The van der Waals surface area contributed by atoms with Crippen molar-refractivity contribution < 1.29 is 19.4 Å². The molecule has 1 saturated heterocycles. The zero-order valence-corrected chi connectivity index (χ0v) is 12.4. The molecule has 2 amide bonds. The third-order valence-electron chi connectivity index (χ3n) is 2.90. The summed E-state index contributed by atoms with van der Waals surface area (Å²) in [6.45, 7) is 9.28. The number of carbonyl (C=O) groups is 2. The Morgan fingerprint density at radius 2 is 1.89 bits per heavy atom. The molecule has 1 N–H and O–H groups in total. The van der Waals surface area contributed by atoms with E-state index in [1.54, 1.807) is 16.8 Å². The van der Waals surface area contributed by atoms with Crippen molar-refractivity contribution in [2.75, 3.05) is 33.3 Å². The highest BCUT2D eigenvalue weighted by Gasteiger charge is 2.43. The van der Waals surface area contributed by atoms with Gasteiger partial charge in [-0.05, 0) is 12.3 Å². The second kappa shape index (κ2) is 5.36.